The van der Waals surface area contributed by atoms with Crippen LogP contribution in [-0.4, -0.2) is 64.7 Å². The van der Waals surface area contributed by atoms with Crippen LogP contribution in [0.5, 0.6) is 0 Å². The van der Waals surface area contributed by atoms with Crippen molar-refractivity contribution in [3.63, 3.8) is 0 Å². The van der Waals surface area contributed by atoms with Gasteiger partial charge in [-0.1, -0.05) is 79.7 Å². The summed E-state index contributed by atoms with van der Waals surface area (Å²) < 4.78 is 7.11. The Balaban J connectivity index is 1.53. The fourth-order valence-electron chi connectivity index (χ4n) is 8.50. The van der Waals surface area contributed by atoms with Crippen molar-refractivity contribution in [1.82, 2.24) is 4.90 Å². The lowest BCUT2D eigenvalue weighted by Crippen LogP contribution is -2.57. The molecule has 250 valence electrons. The van der Waals surface area contributed by atoms with Crippen LogP contribution in [0, 0.1) is 25.7 Å². The number of carbonyl (C=O) groups excluding carboxylic acids is 3. The number of fused-ring (bicyclic) bond motifs is 1. The summed E-state index contributed by atoms with van der Waals surface area (Å²) in [5.74, 6) is -2.66. The molecule has 0 aliphatic carbocycles. The molecule has 8 nitrogen and oxygen atoms in total. The van der Waals surface area contributed by atoms with Gasteiger partial charge < -0.3 is 24.5 Å². The van der Waals surface area contributed by atoms with Gasteiger partial charge in [0.25, 0.3) is 5.91 Å². The first kappa shape index (κ1) is 33.4. The molecule has 6 rings (SSSR count). The smallest absolute Gasteiger partial charge is 0.253 e. The van der Waals surface area contributed by atoms with Crippen LogP contribution in [0.25, 0.3) is 0 Å². The number of aryl methyl sites for hydroxylation is 2. The molecule has 1 spiro atoms. The maximum Gasteiger partial charge on any atom is 0.253 e. The zero-order chi connectivity index (χ0) is 34.2. The first-order valence-corrected chi connectivity index (χ1v) is 16.8. The number of para-hydroxylation sites is 1. The van der Waals surface area contributed by atoms with Crippen LogP contribution in [0.1, 0.15) is 48.9 Å². The summed E-state index contributed by atoms with van der Waals surface area (Å²) in [6, 6.07) is 22.7. The second-order valence-electron chi connectivity index (χ2n) is 13.3. The fraction of sp³-hybridized carbons (Fsp3) is 0.375. The molecule has 6 atom stereocenters. The van der Waals surface area contributed by atoms with Crippen LogP contribution < -0.4 is 9.80 Å². The van der Waals surface area contributed by atoms with Crippen LogP contribution in [-0.2, 0) is 19.1 Å². The lowest BCUT2D eigenvalue weighted by atomic mass is 9.64. The van der Waals surface area contributed by atoms with E-state index < -0.39 is 41.7 Å². The van der Waals surface area contributed by atoms with Gasteiger partial charge in [0.2, 0.25) is 11.8 Å². The van der Waals surface area contributed by atoms with E-state index in [-0.39, 0.29) is 30.8 Å². The summed E-state index contributed by atoms with van der Waals surface area (Å²) in [4.78, 5) is 50.2. The summed E-state index contributed by atoms with van der Waals surface area (Å²) in [6.45, 7) is 13.8. The van der Waals surface area contributed by atoms with Crippen LogP contribution in [0.2, 0.25) is 0 Å². The van der Waals surface area contributed by atoms with E-state index in [1.807, 2.05) is 99.6 Å². The first-order valence-electron chi connectivity index (χ1n) is 16.8. The monoisotopic (exact) mass is 647 g/mol. The highest BCUT2D eigenvalue weighted by atomic mass is 16.5. The number of rotatable bonds is 12. The van der Waals surface area contributed by atoms with Gasteiger partial charge in [-0.15, -0.1) is 13.2 Å². The Morgan fingerprint density at radius 2 is 1.60 bits per heavy atom. The Morgan fingerprint density at radius 1 is 0.958 bits per heavy atom. The number of nitrogens with zero attached hydrogens (tertiary/aromatic N) is 3. The van der Waals surface area contributed by atoms with Crippen molar-refractivity contribution in [2.75, 3.05) is 29.5 Å². The molecule has 0 aromatic heterocycles. The molecule has 3 aromatic carbocycles. The number of carbonyl (C=O) groups is 3. The number of aliphatic hydroxyl groups excluding tert-OH is 1. The number of likely N-dealkylation sites (tertiary alicyclic amines) is 1. The number of hydrogen-bond acceptors (Lipinski definition) is 5. The molecule has 3 aliphatic heterocycles. The number of benzene rings is 3. The van der Waals surface area contributed by atoms with Gasteiger partial charge in [-0.05, 0) is 68.0 Å². The Labute approximate surface area is 283 Å². The molecule has 8 heteroatoms. The Bertz CT molecular complexity index is 1710. The highest BCUT2D eigenvalue weighted by molar-refractivity contribution is 6.07. The summed E-state index contributed by atoms with van der Waals surface area (Å²) in [5.41, 5.74) is 1.80. The third kappa shape index (κ3) is 5.18. The molecule has 0 saturated carbocycles. The minimum atomic E-state index is -1.28. The van der Waals surface area contributed by atoms with Crippen LogP contribution in [0.4, 0.5) is 11.4 Å². The highest BCUT2D eigenvalue weighted by Gasteiger charge is 2.79. The second kappa shape index (κ2) is 13.2. The van der Waals surface area contributed by atoms with Gasteiger partial charge >= 0.3 is 0 Å². The average molecular weight is 648 g/mol. The Kier molecular flexibility index (Phi) is 9.16. The molecule has 2 unspecified atom stereocenters. The second-order valence-corrected chi connectivity index (χ2v) is 13.3. The molecule has 3 aliphatic rings. The number of aliphatic hydroxyl groups is 1. The SMILES string of the molecule is C=CCN(C(=O)[C@H]1[C@H]2C(=O)N([C@H](CO)c3ccccc3)C(C(=O)N(CC=C)c3cc(C)ccc3C)C23CC[C@]1(CC)O3)c1ccccc1. The molecule has 0 radical (unpaired) electrons. The molecular formula is C40H45N3O5. The molecule has 3 amide bonds. The summed E-state index contributed by atoms with van der Waals surface area (Å²) in [6.07, 6.45) is 4.82. The predicted octanol–water partition coefficient (Wildman–Crippen LogP) is 5.93. The number of amides is 3. The summed E-state index contributed by atoms with van der Waals surface area (Å²) >= 11 is 0. The number of anilines is 2. The number of ether oxygens (including phenoxy) is 1. The predicted molar refractivity (Wildman–Crippen MR) is 187 cm³/mol. The van der Waals surface area contributed by atoms with Crippen molar-refractivity contribution in [3.05, 3.63) is 121 Å². The third-order valence-electron chi connectivity index (χ3n) is 10.7. The zero-order valence-electron chi connectivity index (χ0n) is 28.0. The maximum atomic E-state index is 15.3. The fourth-order valence-corrected chi connectivity index (χ4v) is 8.50. The molecule has 3 fully saturated rings. The molecule has 3 saturated heterocycles. The number of hydrogen-bond donors (Lipinski definition) is 1. The Hall–Kier alpha value is -4.53. The van der Waals surface area contributed by atoms with Crippen molar-refractivity contribution in [2.24, 2.45) is 11.8 Å². The largest absolute Gasteiger partial charge is 0.394 e. The quantitative estimate of drug-likeness (QED) is 0.246. The summed E-state index contributed by atoms with van der Waals surface area (Å²) in [7, 11) is 0. The van der Waals surface area contributed by atoms with Gasteiger partial charge in [0, 0.05) is 24.5 Å². The van der Waals surface area contributed by atoms with E-state index in [0.717, 1.165) is 16.8 Å². The molecular weight excluding hydrogens is 602 g/mol. The van der Waals surface area contributed by atoms with E-state index >= 15 is 9.59 Å². The highest BCUT2D eigenvalue weighted by Crippen LogP contribution is 2.65. The summed E-state index contributed by atoms with van der Waals surface area (Å²) in [5, 5.41) is 10.9. The van der Waals surface area contributed by atoms with E-state index in [4.69, 9.17) is 4.74 Å². The van der Waals surface area contributed by atoms with Crippen molar-refractivity contribution in [2.45, 2.75) is 63.3 Å². The molecule has 3 heterocycles. The van der Waals surface area contributed by atoms with Crippen molar-refractivity contribution in [3.8, 4) is 0 Å². The third-order valence-corrected chi connectivity index (χ3v) is 10.7. The van der Waals surface area contributed by atoms with Gasteiger partial charge in [0.15, 0.2) is 0 Å². The minimum Gasteiger partial charge on any atom is -0.394 e. The van der Waals surface area contributed by atoms with E-state index in [1.54, 1.807) is 22.0 Å². The van der Waals surface area contributed by atoms with E-state index in [1.165, 1.54) is 4.90 Å². The van der Waals surface area contributed by atoms with E-state index in [2.05, 4.69) is 13.2 Å². The lowest BCUT2D eigenvalue weighted by Gasteiger charge is -2.40. The van der Waals surface area contributed by atoms with Crippen LogP contribution in [0.3, 0.4) is 0 Å². The normalized spacial score (nSPS) is 26.2. The van der Waals surface area contributed by atoms with Gasteiger partial charge in [-0.25, -0.2) is 0 Å². The van der Waals surface area contributed by atoms with Crippen molar-refractivity contribution >= 4 is 29.1 Å². The van der Waals surface area contributed by atoms with Gasteiger partial charge in [0.1, 0.15) is 11.6 Å². The van der Waals surface area contributed by atoms with E-state index in [0.29, 0.717) is 30.5 Å². The Morgan fingerprint density at radius 3 is 2.23 bits per heavy atom. The lowest BCUT2D eigenvalue weighted by molar-refractivity contribution is -0.149. The van der Waals surface area contributed by atoms with Crippen molar-refractivity contribution < 1.29 is 24.2 Å². The van der Waals surface area contributed by atoms with E-state index in [9.17, 15) is 9.90 Å². The molecule has 48 heavy (non-hydrogen) atoms. The van der Waals surface area contributed by atoms with Crippen molar-refractivity contribution in [1.29, 1.82) is 0 Å². The topological polar surface area (TPSA) is 90.4 Å². The maximum absolute atomic E-state index is 15.3. The minimum absolute atomic E-state index is 0.208. The average Bonchev–Trinajstić information content (AvgIpc) is 3.71. The standard InChI is InChI=1S/C40H45N3O5/c1-6-23-41(30-17-13-10-14-18-30)36(45)33-34-37(46)43(32(26-44)29-15-11-9-12-16-29)35(40(34)22-21-39(33,8-3)48-40)38(47)42(24-7-2)31-25-27(4)19-20-28(31)5/h6-7,9-20,25,32-35,44H,1-2,8,21-24,26H2,3-5H3/t32-,33-,34+,35?,39+,40?/m1/s1. The van der Waals surface area contributed by atoms with Crippen LogP contribution >= 0.6 is 0 Å². The van der Waals surface area contributed by atoms with Crippen LogP contribution in [0.15, 0.2) is 104 Å². The molecule has 1 N–H and O–H groups in total. The van der Waals surface area contributed by atoms with Gasteiger partial charge in [0.05, 0.1) is 30.1 Å². The van der Waals surface area contributed by atoms with Gasteiger partial charge in [-0.2, -0.15) is 0 Å². The zero-order valence-corrected chi connectivity index (χ0v) is 28.0. The first-order chi connectivity index (χ1) is 23.2. The molecule has 2 bridgehead atoms. The molecule has 3 aromatic rings. The van der Waals surface area contributed by atoms with Gasteiger partial charge in [-0.3, -0.25) is 14.4 Å².